The predicted octanol–water partition coefficient (Wildman–Crippen LogP) is 1.90. The molecule has 8 nitrogen and oxygen atoms in total. The first-order chi connectivity index (χ1) is 12.1. The number of hydrogen-bond donors (Lipinski definition) is 1. The minimum atomic E-state index is -0.528. The van der Waals surface area contributed by atoms with E-state index in [-0.39, 0.29) is 30.5 Å². The van der Waals surface area contributed by atoms with Crippen molar-refractivity contribution in [1.29, 1.82) is 0 Å². The zero-order valence-corrected chi connectivity index (χ0v) is 14.4. The number of carbonyl (C=O) groups excluding carboxylic acids is 3. The first-order valence-corrected chi connectivity index (χ1v) is 8.68. The summed E-state index contributed by atoms with van der Waals surface area (Å²) in [6, 6.07) is 3.54. The number of esters is 1. The van der Waals surface area contributed by atoms with Gasteiger partial charge in [-0.25, -0.2) is 9.78 Å². The molecule has 3 heterocycles. The van der Waals surface area contributed by atoms with Crippen molar-refractivity contribution >= 4 is 34.3 Å². The molecule has 0 aliphatic carbocycles. The molecule has 2 amide bonds. The van der Waals surface area contributed by atoms with Crippen molar-refractivity contribution in [2.24, 2.45) is 5.92 Å². The highest BCUT2D eigenvalue weighted by atomic mass is 32.1. The minimum absolute atomic E-state index is 0.0945. The lowest BCUT2D eigenvalue weighted by molar-refractivity contribution is -0.128. The Hall–Kier alpha value is -2.68. The van der Waals surface area contributed by atoms with Gasteiger partial charge in [-0.2, -0.15) is 0 Å². The highest BCUT2D eigenvalue weighted by Crippen LogP contribution is 2.23. The van der Waals surface area contributed by atoms with Gasteiger partial charge in [-0.1, -0.05) is 0 Å². The second-order valence-electron chi connectivity index (χ2n) is 5.50. The van der Waals surface area contributed by atoms with Crippen molar-refractivity contribution in [2.45, 2.75) is 19.9 Å². The van der Waals surface area contributed by atoms with Crippen LogP contribution in [0.2, 0.25) is 0 Å². The van der Waals surface area contributed by atoms with Crippen molar-refractivity contribution in [3.05, 3.63) is 35.2 Å². The number of carbonyl (C=O) groups is 3. The van der Waals surface area contributed by atoms with Gasteiger partial charge in [0.15, 0.2) is 10.8 Å². The van der Waals surface area contributed by atoms with Gasteiger partial charge in [0.25, 0.3) is 0 Å². The Morgan fingerprint density at radius 1 is 1.52 bits per heavy atom. The van der Waals surface area contributed by atoms with Gasteiger partial charge in [-0.15, -0.1) is 11.3 Å². The Balaban J connectivity index is 1.57. The van der Waals surface area contributed by atoms with E-state index in [9.17, 15) is 14.4 Å². The average molecular weight is 363 g/mol. The maximum Gasteiger partial charge on any atom is 0.357 e. The van der Waals surface area contributed by atoms with Crippen LogP contribution in [0.15, 0.2) is 28.2 Å². The largest absolute Gasteiger partial charge is 0.467 e. The first-order valence-electron chi connectivity index (χ1n) is 7.80. The number of aromatic nitrogens is 1. The summed E-state index contributed by atoms with van der Waals surface area (Å²) >= 11 is 1.14. The molecular formula is C16H17N3O5S. The van der Waals surface area contributed by atoms with Gasteiger partial charge in [0.1, 0.15) is 5.76 Å². The van der Waals surface area contributed by atoms with Crippen LogP contribution in [0.4, 0.5) is 5.13 Å². The van der Waals surface area contributed by atoms with Crippen molar-refractivity contribution in [3.8, 4) is 0 Å². The van der Waals surface area contributed by atoms with Crippen LogP contribution in [0.5, 0.6) is 0 Å². The molecular weight excluding hydrogens is 346 g/mol. The Labute approximate surface area is 147 Å². The zero-order chi connectivity index (χ0) is 17.8. The van der Waals surface area contributed by atoms with Crippen molar-refractivity contribution in [3.63, 3.8) is 0 Å². The van der Waals surface area contributed by atoms with E-state index in [2.05, 4.69) is 10.3 Å². The topological polar surface area (TPSA) is 102 Å². The number of furan rings is 1. The average Bonchev–Trinajstić information content (AvgIpc) is 3.30. The molecule has 0 spiro atoms. The Kier molecular flexibility index (Phi) is 5.13. The van der Waals surface area contributed by atoms with Gasteiger partial charge < -0.3 is 19.4 Å². The van der Waals surface area contributed by atoms with Crippen LogP contribution in [0.1, 0.15) is 29.6 Å². The number of nitrogens with one attached hydrogen (secondary N) is 1. The molecule has 25 heavy (non-hydrogen) atoms. The van der Waals surface area contributed by atoms with Crippen LogP contribution in [0.25, 0.3) is 0 Å². The lowest BCUT2D eigenvalue weighted by Crippen LogP contribution is -2.27. The quantitative estimate of drug-likeness (QED) is 0.787. The van der Waals surface area contributed by atoms with Gasteiger partial charge in [0, 0.05) is 18.3 Å². The Morgan fingerprint density at radius 3 is 3.08 bits per heavy atom. The maximum atomic E-state index is 12.4. The standard InChI is InChI=1S/C16H17N3O5S/c1-2-23-15(22)12-9-25-16(17-12)18-14(21)10-6-13(20)19(7-10)8-11-4-3-5-24-11/h3-5,9-10H,2,6-8H2,1H3,(H,17,18,21)/t10-/m0/s1. The van der Waals surface area contributed by atoms with Gasteiger partial charge in [0.05, 0.1) is 25.3 Å². The van der Waals surface area contributed by atoms with Gasteiger partial charge in [-0.05, 0) is 19.1 Å². The van der Waals surface area contributed by atoms with Crippen LogP contribution >= 0.6 is 11.3 Å². The molecule has 0 bridgehead atoms. The predicted molar refractivity (Wildman–Crippen MR) is 88.9 cm³/mol. The Morgan fingerprint density at radius 2 is 2.36 bits per heavy atom. The molecule has 132 valence electrons. The van der Waals surface area contributed by atoms with E-state index in [0.717, 1.165) is 11.3 Å². The molecule has 0 aromatic carbocycles. The minimum Gasteiger partial charge on any atom is -0.467 e. The summed E-state index contributed by atoms with van der Waals surface area (Å²) in [6.45, 7) is 2.63. The van der Waals surface area contributed by atoms with E-state index >= 15 is 0 Å². The van der Waals surface area contributed by atoms with E-state index in [1.54, 1.807) is 30.2 Å². The summed E-state index contributed by atoms with van der Waals surface area (Å²) in [5, 5.41) is 4.49. The van der Waals surface area contributed by atoms with E-state index in [0.29, 0.717) is 24.0 Å². The van der Waals surface area contributed by atoms with Crippen molar-refractivity contribution in [1.82, 2.24) is 9.88 Å². The molecule has 0 saturated carbocycles. The molecule has 2 aromatic rings. The fourth-order valence-electron chi connectivity index (χ4n) is 2.53. The van der Waals surface area contributed by atoms with Gasteiger partial charge >= 0.3 is 5.97 Å². The summed E-state index contributed by atoms with van der Waals surface area (Å²) in [5.74, 6) is -0.700. The number of thiazole rings is 1. The first kappa shape index (κ1) is 17.2. The molecule has 0 unspecified atom stereocenters. The van der Waals surface area contributed by atoms with Gasteiger partial charge in [-0.3, -0.25) is 9.59 Å². The van der Waals surface area contributed by atoms with Crippen LogP contribution in [-0.4, -0.2) is 40.8 Å². The van der Waals surface area contributed by atoms with Crippen molar-refractivity contribution in [2.75, 3.05) is 18.5 Å². The molecule has 2 aromatic heterocycles. The highest BCUT2D eigenvalue weighted by Gasteiger charge is 2.35. The smallest absolute Gasteiger partial charge is 0.357 e. The number of ether oxygens (including phenoxy) is 1. The van der Waals surface area contributed by atoms with Gasteiger partial charge in [0.2, 0.25) is 11.8 Å². The molecule has 3 rings (SSSR count). The maximum absolute atomic E-state index is 12.4. The third-order valence-corrected chi connectivity index (χ3v) is 4.49. The zero-order valence-electron chi connectivity index (χ0n) is 13.6. The summed E-state index contributed by atoms with van der Waals surface area (Å²) in [4.78, 5) is 41.6. The normalized spacial score (nSPS) is 16.9. The molecule has 1 fully saturated rings. The van der Waals surface area contributed by atoms with Crippen molar-refractivity contribution < 1.29 is 23.5 Å². The molecule has 1 N–H and O–H groups in total. The number of amides is 2. The third kappa shape index (κ3) is 4.05. The second-order valence-corrected chi connectivity index (χ2v) is 6.36. The molecule has 1 saturated heterocycles. The lowest BCUT2D eigenvalue weighted by atomic mass is 10.1. The number of likely N-dealkylation sites (tertiary alicyclic amines) is 1. The monoisotopic (exact) mass is 363 g/mol. The number of anilines is 1. The molecule has 0 radical (unpaired) electrons. The third-order valence-electron chi connectivity index (χ3n) is 3.73. The van der Waals surface area contributed by atoms with E-state index in [4.69, 9.17) is 9.15 Å². The molecule has 1 atom stereocenters. The molecule has 1 aliphatic heterocycles. The SMILES string of the molecule is CCOC(=O)c1csc(NC(=O)[C@H]2CC(=O)N(Cc3ccco3)C2)n1. The lowest BCUT2D eigenvalue weighted by Gasteiger charge is -2.14. The van der Waals surface area contributed by atoms with E-state index in [1.165, 1.54) is 5.38 Å². The summed E-state index contributed by atoms with van der Waals surface area (Å²) < 4.78 is 10.1. The highest BCUT2D eigenvalue weighted by molar-refractivity contribution is 7.14. The summed E-state index contributed by atoms with van der Waals surface area (Å²) in [6.07, 6.45) is 1.69. The van der Waals surface area contributed by atoms with Crippen LogP contribution in [0.3, 0.4) is 0 Å². The number of rotatable bonds is 6. The summed E-state index contributed by atoms with van der Waals surface area (Å²) in [7, 11) is 0. The molecule has 9 heteroatoms. The fraction of sp³-hybridized carbons (Fsp3) is 0.375. The Bertz CT molecular complexity index is 771. The van der Waals surface area contributed by atoms with E-state index < -0.39 is 11.9 Å². The molecule has 1 aliphatic rings. The summed E-state index contributed by atoms with van der Waals surface area (Å²) in [5.41, 5.74) is 0.157. The van der Waals surface area contributed by atoms with E-state index in [1.807, 2.05) is 0 Å². The van der Waals surface area contributed by atoms with Crippen LogP contribution < -0.4 is 5.32 Å². The van der Waals surface area contributed by atoms with Crippen LogP contribution in [0, 0.1) is 5.92 Å². The second kappa shape index (κ2) is 7.47. The number of hydrogen-bond acceptors (Lipinski definition) is 7. The van der Waals surface area contributed by atoms with Crippen LogP contribution in [-0.2, 0) is 20.9 Å². The fourth-order valence-corrected chi connectivity index (χ4v) is 3.21. The number of nitrogens with zero attached hydrogens (tertiary/aromatic N) is 2.